The van der Waals surface area contributed by atoms with Gasteiger partial charge in [0.25, 0.3) is 0 Å². The van der Waals surface area contributed by atoms with E-state index in [0.29, 0.717) is 18.1 Å². The van der Waals surface area contributed by atoms with Gasteiger partial charge < -0.3 is 19.0 Å². The zero-order valence-electron chi connectivity index (χ0n) is 13.5. The third-order valence-electron chi connectivity index (χ3n) is 3.35. The minimum absolute atomic E-state index is 0.170. The van der Waals surface area contributed by atoms with Crippen LogP contribution in [0.25, 0.3) is 0 Å². The maximum atomic E-state index is 11.5. The van der Waals surface area contributed by atoms with E-state index in [1.54, 1.807) is 19.1 Å². The van der Waals surface area contributed by atoms with E-state index >= 15 is 0 Å². The summed E-state index contributed by atoms with van der Waals surface area (Å²) in [6.45, 7) is 4.30. The predicted molar refractivity (Wildman–Crippen MR) is 85.3 cm³/mol. The van der Waals surface area contributed by atoms with Crippen molar-refractivity contribution in [3.8, 4) is 5.75 Å². The van der Waals surface area contributed by atoms with Gasteiger partial charge in [0.15, 0.2) is 0 Å². The van der Waals surface area contributed by atoms with Gasteiger partial charge in [0.05, 0.1) is 12.7 Å². The molecule has 1 aromatic carbocycles. The Morgan fingerprint density at radius 2 is 1.91 bits per heavy atom. The molecule has 0 fully saturated rings. The Bertz CT molecular complexity index is 615. The molecular formula is C18H22O5. The van der Waals surface area contributed by atoms with Gasteiger partial charge in [-0.15, -0.1) is 0 Å². The van der Waals surface area contributed by atoms with Crippen molar-refractivity contribution in [3.63, 3.8) is 0 Å². The molecule has 1 heterocycles. The van der Waals surface area contributed by atoms with Crippen LogP contribution in [-0.2, 0) is 11.3 Å². The Balaban J connectivity index is 1.89. The van der Waals surface area contributed by atoms with Crippen LogP contribution in [0.5, 0.6) is 5.75 Å². The van der Waals surface area contributed by atoms with E-state index in [9.17, 15) is 9.90 Å². The maximum absolute atomic E-state index is 11.5. The Kier molecular flexibility index (Phi) is 6.23. The molecule has 2 aromatic rings. The number of ether oxygens (including phenoxy) is 2. The maximum Gasteiger partial charge on any atom is 0.374 e. The van der Waals surface area contributed by atoms with Gasteiger partial charge in [0.2, 0.25) is 5.76 Å². The number of esters is 1. The lowest BCUT2D eigenvalue weighted by molar-refractivity contribution is 0.0486. The normalized spacial score (nSPS) is 12.0. The van der Waals surface area contributed by atoms with Crippen molar-refractivity contribution in [2.45, 2.75) is 39.4 Å². The summed E-state index contributed by atoms with van der Waals surface area (Å²) in [5, 5.41) is 9.92. The average molecular weight is 318 g/mol. The molecule has 0 saturated carbocycles. The first-order valence-electron chi connectivity index (χ1n) is 7.80. The van der Waals surface area contributed by atoms with E-state index in [2.05, 4.69) is 0 Å². The second-order valence-electron chi connectivity index (χ2n) is 5.15. The molecule has 0 aliphatic rings. The molecule has 23 heavy (non-hydrogen) atoms. The number of aliphatic hydroxyl groups is 1. The van der Waals surface area contributed by atoms with Crippen LogP contribution in [-0.4, -0.2) is 17.7 Å². The van der Waals surface area contributed by atoms with Crippen LogP contribution < -0.4 is 4.74 Å². The highest BCUT2D eigenvalue weighted by Crippen LogP contribution is 2.22. The average Bonchev–Trinajstić information content (AvgIpc) is 3.03. The monoisotopic (exact) mass is 318 g/mol. The van der Waals surface area contributed by atoms with Crippen molar-refractivity contribution in [1.82, 2.24) is 0 Å². The predicted octanol–water partition coefficient (Wildman–Crippen LogP) is 3.87. The van der Waals surface area contributed by atoms with Gasteiger partial charge in [-0.05, 0) is 43.2 Å². The van der Waals surface area contributed by atoms with Crippen LogP contribution in [0.15, 0.2) is 40.8 Å². The number of benzene rings is 1. The number of carbonyl (C=O) groups is 1. The number of rotatable bonds is 8. The zero-order chi connectivity index (χ0) is 16.7. The molecule has 0 aliphatic carbocycles. The van der Waals surface area contributed by atoms with Crippen molar-refractivity contribution in [1.29, 1.82) is 0 Å². The fraction of sp³-hybridized carbons (Fsp3) is 0.389. The van der Waals surface area contributed by atoms with Gasteiger partial charge in [-0.1, -0.05) is 25.5 Å². The molecule has 2 rings (SSSR count). The number of aliphatic hydroxyl groups excluding tert-OH is 1. The van der Waals surface area contributed by atoms with Crippen LogP contribution in [0.3, 0.4) is 0 Å². The second-order valence-corrected chi connectivity index (χ2v) is 5.15. The van der Waals surface area contributed by atoms with Crippen molar-refractivity contribution in [3.05, 3.63) is 53.5 Å². The Morgan fingerprint density at radius 3 is 2.57 bits per heavy atom. The molecule has 124 valence electrons. The lowest BCUT2D eigenvalue weighted by atomic mass is 10.1. The summed E-state index contributed by atoms with van der Waals surface area (Å²) in [5.41, 5.74) is 0.877. The highest BCUT2D eigenvalue weighted by Gasteiger charge is 2.12. The minimum atomic E-state index is -0.479. The standard InChI is InChI=1S/C18H22O5/c1-3-5-16(19)13-6-8-14(9-7-13)22-12-15-10-11-17(23-15)18(20)21-4-2/h6-11,16,19H,3-5,12H2,1-2H3. The van der Waals surface area contributed by atoms with Crippen molar-refractivity contribution in [2.75, 3.05) is 6.61 Å². The molecule has 0 aliphatic heterocycles. The van der Waals surface area contributed by atoms with Gasteiger partial charge in [-0.3, -0.25) is 0 Å². The van der Waals surface area contributed by atoms with Gasteiger partial charge in [0.1, 0.15) is 18.1 Å². The highest BCUT2D eigenvalue weighted by atomic mass is 16.5. The van der Waals surface area contributed by atoms with Gasteiger partial charge in [-0.2, -0.15) is 0 Å². The molecule has 5 heteroatoms. The molecule has 0 amide bonds. The summed E-state index contributed by atoms with van der Waals surface area (Å²) < 4.78 is 15.8. The molecular weight excluding hydrogens is 296 g/mol. The highest BCUT2D eigenvalue weighted by molar-refractivity contribution is 5.86. The summed E-state index contributed by atoms with van der Waals surface area (Å²) in [6, 6.07) is 10.6. The van der Waals surface area contributed by atoms with Crippen LogP contribution in [0.2, 0.25) is 0 Å². The van der Waals surface area contributed by atoms with E-state index < -0.39 is 12.1 Å². The van der Waals surface area contributed by atoms with Crippen LogP contribution >= 0.6 is 0 Å². The number of hydrogen-bond donors (Lipinski definition) is 1. The van der Waals surface area contributed by atoms with Crippen LogP contribution in [0, 0.1) is 0 Å². The lowest BCUT2D eigenvalue weighted by Gasteiger charge is -2.10. The fourth-order valence-electron chi connectivity index (χ4n) is 2.15. The van der Waals surface area contributed by atoms with E-state index in [-0.39, 0.29) is 12.4 Å². The van der Waals surface area contributed by atoms with Crippen molar-refractivity contribution >= 4 is 5.97 Å². The molecule has 0 spiro atoms. The smallest absolute Gasteiger partial charge is 0.374 e. The molecule has 5 nitrogen and oxygen atoms in total. The number of carbonyl (C=O) groups excluding carboxylic acids is 1. The summed E-state index contributed by atoms with van der Waals surface area (Å²) in [5.74, 6) is 0.909. The zero-order valence-corrected chi connectivity index (χ0v) is 13.5. The minimum Gasteiger partial charge on any atom is -0.486 e. The van der Waals surface area contributed by atoms with Gasteiger partial charge in [0, 0.05) is 0 Å². The number of hydrogen-bond acceptors (Lipinski definition) is 5. The molecule has 1 unspecified atom stereocenters. The van der Waals surface area contributed by atoms with Gasteiger partial charge in [-0.25, -0.2) is 4.79 Å². The van der Waals surface area contributed by atoms with E-state index in [1.807, 2.05) is 31.2 Å². The molecule has 1 N–H and O–H groups in total. The largest absolute Gasteiger partial charge is 0.486 e. The Morgan fingerprint density at radius 1 is 1.17 bits per heavy atom. The molecule has 0 bridgehead atoms. The van der Waals surface area contributed by atoms with Gasteiger partial charge >= 0.3 is 5.97 Å². The molecule has 1 aromatic heterocycles. The van der Waals surface area contributed by atoms with E-state index in [0.717, 1.165) is 18.4 Å². The first-order valence-corrected chi connectivity index (χ1v) is 7.80. The van der Waals surface area contributed by atoms with Crippen molar-refractivity contribution in [2.24, 2.45) is 0 Å². The Hall–Kier alpha value is -2.27. The first kappa shape index (κ1) is 17.1. The Labute approximate surface area is 135 Å². The van der Waals surface area contributed by atoms with Crippen LogP contribution in [0.1, 0.15) is 54.7 Å². The molecule has 0 saturated heterocycles. The summed E-state index contributed by atoms with van der Waals surface area (Å²) in [6.07, 6.45) is 1.23. The summed E-state index contributed by atoms with van der Waals surface area (Å²) >= 11 is 0. The van der Waals surface area contributed by atoms with Crippen molar-refractivity contribution < 1.29 is 23.8 Å². The fourth-order valence-corrected chi connectivity index (χ4v) is 2.15. The van der Waals surface area contributed by atoms with E-state index in [4.69, 9.17) is 13.9 Å². The number of furan rings is 1. The third kappa shape index (κ3) is 4.86. The van der Waals surface area contributed by atoms with Crippen LogP contribution in [0.4, 0.5) is 0 Å². The summed E-state index contributed by atoms with van der Waals surface area (Å²) in [7, 11) is 0. The summed E-state index contributed by atoms with van der Waals surface area (Å²) in [4.78, 5) is 11.5. The van der Waals surface area contributed by atoms with E-state index in [1.165, 1.54) is 0 Å². The second kappa shape index (κ2) is 8.39. The molecule has 1 atom stereocenters. The third-order valence-corrected chi connectivity index (χ3v) is 3.35. The quantitative estimate of drug-likeness (QED) is 0.748. The molecule has 0 radical (unpaired) electrons. The lowest BCUT2D eigenvalue weighted by Crippen LogP contribution is -2.02. The first-order chi connectivity index (χ1) is 11.1. The SMILES string of the molecule is CCCC(O)c1ccc(OCc2ccc(C(=O)OCC)o2)cc1. The topological polar surface area (TPSA) is 68.9 Å².